The predicted molar refractivity (Wildman–Crippen MR) is 69.8 cm³/mol. The van der Waals surface area contributed by atoms with E-state index in [1.165, 1.54) is 4.90 Å². The topological polar surface area (TPSA) is 15.3 Å². The Labute approximate surface area is 119 Å². The van der Waals surface area contributed by atoms with Crippen molar-refractivity contribution in [2.45, 2.75) is 32.2 Å². The Morgan fingerprint density at radius 1 is 1.00 bits per heavy atom. The summed E-state index contributed by atoms with van der Waals surface area (Å²) in [6.07, 6.45) is 2.20. The summed E-state index contributed by atoms with van der Waals surface area (Å²) in [7, 11) is 0. The van der Waals surface area contributed by atoms with Crippen LogP contribution in [0.3, 0.4) is 0 Å². The van der Waals surface area contributed by atoms with Gasteiger partial charge in [-0.05, 0) is 19.4 Å². The Hall–Kier alpha value is -1.37. The van der Waals surface area contributed by atoms with Gasteiger partial charge in [0.1, 0.15) is 5.69 Å². The fourth-order valence-electron chi connectivity index (χ4n) is 2.61. The molecular formula is C14H17F5N2. The van der Waals surface area contributed by atoms with Crippen LogP contribution in [0.15, 0.2) is 0 Å². The van der Waals surface area contributed by atoms with E-state index in [-0.39, 0.29) is 19.1 Å². The van der Waals surface area contributed by atoms with E-state index in [1.807, 2.05) is 6.92 Å². The summed E-state index contributed by atoms with van der Waals surface area (Å²) in [5, 5.41) is 3.21. The standard InChI is InChI=1S/C14H17F5N2/c1-2-4-8-7-21(6-3-5-20-8)14-12(18)10(16)9(15)11(17)13(14)19/h8,20H,2-7H2,1H3. The molecule has 0 amide bonds. The van der Waals surface area contributed by atoms with Crippen molar-refractivity contribution in [2.75, 3.05) is 24.5 Å². The number of benzene rings is 1. The molecule has 1 aliphatic heterocycles. The summed E-state index contributed by atoms with van der Waals surface area (Å²) >= 11 is 0. The van der Waals surface area contributed by atoms with Crippen LogP contribution >= 0.6 is 0 Å². The highest BCUT2D eigenvalue weighted by molar-refractivity contribution is 5.51. The molecule has 1 aromatic rings. The minimum absolute atomic E-state index is 0.0347. The number of halogens is 5. The lowest BCUT2D eigenvalue weighted by molar-refractivity contribution is 0.377. The smallest absolute Gasteiger partial charge is 0.200 e. The van der Waals surface area contributed by atoms with E-state index in [1.54, 1.807) is 0 Å². The Kier molecular flexibility index (Phi) is 5.03. The lowest BCUT2D eigenvalue weighted by Gasteiger charge is -2.27. The van der Waals surface area contributed by atoms with Crippen LogP contribution < -0.4 is 10.2 Å². The van der Waals surface area contributed by atoms with Crippen LogP contribution in [-0.2, 0) is 0 Å². The number of hydrogen-bond donors (Lipinski definition) is 1. The summed E-state index contributed by atoms with van der Waals surface area (Å²) in [4.78, 5) is 1.25. The van der Waals surface area contributed by atoms with Gasteiger partial charge in [0, 0.05) is 19.1 Å². The zero-order chi connectivity index (χ0) is 15.6. The molecule has 2 nitrogen and oxygen atoms in total. The first kappa shape index (κ1) is 16.0. The van der Waals surface area contributed by atoms with E-state index >= 15 is 0 Å². The normalized spacial score (nSPS) is 19.7. The highest BCUT2D eigenvalue weighted by Crippen LogP contribution is 2.31. The molecule has 1 N–H and O–H groups in total. The average molecular weight is 308 g/mol. The molecule has 7 heteroatoms. The van der Waals surface area contributed by atoms with Gasteiger partial charge in [0.25, 0.3) is 0 Å². The van der Waals surface area contributed by atoms with Gasteiger partial charge >= 0.3 is 0 Å². The average Bonchev–Trinajstić information content (AvgIpc) is 2.69. The maximum absolute atomic E-state index is 13.8. The Balaban J connectivity index is 2.40. The van der Waals surface area contributed by atoms with E-state index in [2.05, 4.69) is 5.32 Å². The lowest BCUT2D eigenvalue weighted by atomic mass is 10.1. The quantitative estimate of drug-likeness (QED) is 0.523. The van der Waals surface area contributed by atoms with Gasteiger partial charge < -0.3 is 10.2 Å². The molecule has 118 valence electrons. The zero-order valence-corrected chi connectivity index (χ0v) is 11.7. The van der Waals surface area contributed by atoms with Gasteiger partial charge in [-0.3, -0.25) is 0 Å². The fourth-order valence-corrected chi connectivity index (χ4v) is 2.61. The molecule has 1 aromatic carbocycles. The summed E-state index contributed by atoms with van der Waals surface area (Å²) in [5.41, 5.74) is -0.823. The minimum Gasteiger partial charge on any atom is -0.365 e. The van der Waals surface area contributed by atoms with Crippen LogP contribution in [0.4, 0.5) is 27.6 Å². The first-order valence-electron chi connectivity index (χ1n) is 6.97. The maximum atomic E-state index is 13.8. The number of rotatable bonds is 3. The van der Waals surface area contributed by atoms with Gasteiger partial charge in [-0.25, -0.2) is 22.0 Å². The second-order valence-electron chi connectivity index (χ2n) is 5.16. The fraction of sp³-hybridized carbons (Fsp3) is 0.571. The second-order valence-corrected chi connectivity index (χ2v) is 5.16. The molecule has 1 heterocycles. The SMILES string of the molecule is CCCC1CN(c2c(F)c(F)c(F)c(F)c2F)CCCN1. The zero-order valence-electron chi connectivity index (χ0n) is 11.7. The van der Waals surface area contributed by atoms with Crippen LogP contribution in [0.1, 0.15) is 26.2 Å². The predicted octanol–water partition coefficient (Wildman–Crippen LogP) is 3.35. The molecule has 1 aliphatic rings. The molecule has 1 unspecified atom stereocenters. The van der Waals surface area contributed by atoms with Crippen molar-refractivity contribution in [1.82, 2.24) is 5.32 Å². The van der Waals surface area contributed by atoms with Crippen molar-refractivity contribution < 1.29 is 22.0 Å². The van der Waals surface area contributed by atoms with Crippen molar-refractivity contribution >= 4 is 5.69 Å². The van der Waals surface area contributed by atoms with Gasteiger partial charge in [0.15, 0.2) is 23.3 Å². The van der Waals surface area contributed by atoms with Crippen molar-refractivity contribution in [2.24, 2.45) is 0 Å². The summed E-state index contributed by atoms with van der Waals surface area (Å²) in [6, 6.07) is -0.0347. The van der Waals surface area contributed by atoms with E-state index < -0.39 is 34.8 Å². The summed E-state index contributed by atoms with van der Waals surface area (Å²) in [5.74, 6) is -9.43. The molecule has 1 atom stereocenters. The first-order valence-corrected chi connectivity index (χ1v) is 6.97. The molecule has 1 fully saturated rings. The van der Waals surface area contributed by atoms with E-state index in [9.17, 15) is 22.0 Å². The Bertz CT molecular complexity index is 492. The summed E-state index contributed by atoms with van der Waals surface area (Å²) in [6.45, 7) is 3.07. The van der Waals surface area contributed by atoms with Crippen LogP contribution in [-0.4, -0.2) is 25.7 Å². The Morgan fingerprint density at radius 3 is 2.14 bits per heavy atom. The van der Waals surface area contributed by atoms with E-state index in [0.717, 1.165) is 12.8 Å². The highest BCUT2D eigenvalue weighted by Gasteiger charge is 2.30. The van der Waals surface area contributed by atoms with E-state index in [4.69, 9.17) is 0 Å². The monoisotopic (exact) mass is 308 g/mol. The third-order valence-electron chi connectivity index (χ3n) is 3.62. The van der Waals surface area contributed by atoms with Gasteiger partial charge in [0.2, 0.25) is 5.82 Å². The van der Waals surface area contributed by atoms with Gasteiger partial charge in [-0.2, -0.15) is 0 Å². The van der Waals surface area contributed by atoms with Crippen LogP contribution in [0.25, 0.3) is 0 Å². The second kappa shape index (κ2) is 6.60. The van der Waals surface area contributed by atoms with Gasteiger partial charge in [-0.15, -0.1) is 0 Å². The maximum Gasteiger partial charge on any atom is 0.200 e. The van der Waals surface area contributed by atoms with Crippen molar-refractivity contribution in [1.29, 1.82) is 0 Å². The lowest BCUT2D eigenvalue weighted by Crippen LogP contribution is -2.38. The first-order chi connectivity index (χ1) is 9.97. The highest BCUT2D eigenvalue weighted by atomic mass is 19.2. The number of hydrogen-bond acceptors (Lipinski definition) is 2. The molecule has 0 radical (unpaired) electrons. The van der Waals surface area contributed by atoms with Crippen LogP contribution in [0, 0.1) is 29.1 Å². The number of nitrogens with zero attached hydrogens (tertiary/aromatic N) is 1. The van der Waals surface area contributed by atoms with Crippen molar-refractivity contribution in [3.63, 3.8) is 0 Å². The third-order valence-corrected chi connectivity index (χ3v) is 3.62. The molecule has 0 bridgehead atoms. The summed E-state index contributed by atoms with van der Waals surface area (Å²) < 4.78 is 67.4. The Morgan fingerprint density at radius 2 is 1.57 bits per heavy atom. The number of anilines is 1. The molecule has 0 aromatic heterocycles. The van der Waals surface area contributed by atoms with Crippen LogP contribution in [0.2, 0.25) is 0 Å². The molecule has 0 spiro atoms. The van der Waals surface area contributed by atoms with Crippen molar-refractivity contribution in [3.8, 4) is 0 Å². The van der Waals surface area contributed by atoms with E-state index in [0.29, 0.717) is 13.0 Å². The largest absolute Gasteiger partial charge is 0.365 e. The van der Waals surface area contributed by atoms with Gasteiger partial charge in [-0.1, -0.05) is 13.3 Å². The number of nitrogens with one attached hydrogen (secondary N) is 1. The molecule has 0 aliphatic carbocycles. The van der Waals surface area contributed by atoms with Crippen molar-refractivity contribution in [3.05, 3.63) is 29.1 Å². The van der Waals surface area contributed by atoms with Crippen LogP contribution in [0.5, 0.6) is 0 Å². The van der Waals surface area contributed by atoms with Gasteiger partial charge in [0.05, 0.1) is 0 Å². The molecule has 21 heavy (non-hydrogen) atoms. The molecule has 2 rings (SSSR count). The molecular weight excluding hydrogens is 291 g/mol. The third kappa shape index (κ3) is 3.12. The minimum atomic E-state index is -2.12. The molecule has 0 saturated carbocycles. The molecule has 1 saturated heterocycles.